The third-order valence-corrected chi connectivity index (χ3v) is 2.14. The molecule has 14 heavy (non-hydrogen) atoms. The van der Waals surface area contributed by atoms with E-state index < -0.39 is 0 Å². The minimum Gasteiger partial charge on any atom is -0.489 e. The number of aryl methyl sites for hydroxylation is 2. The second-order valence-electron chi connectivity index (χ2n) is 3.39. The maximum atomic E-state index is 5.60. The summed E-state index contributed by atoms with van der Waals surface area (Å²) in [5.74, 6) is 0.917. The minimum absolute atomic E-state index is 0.467. The first-order chi connectivity index (χ1) is 6.75. The average Bonchev–Trinajstić information content (AvgIpc) is 2.99. The summed E-state index contributed by atoms with van der Waals surface area (Å²) in [5, 5.41) is 0. The third kappa shape index (κ3) is 3.02. The molecule has 1 aromatic rings. The molecule has 78 valence electrons. The summed E-state index contributed by atoms with van der Waals surface area (Å²) in [4.78, 5) is 4.23. The second kappa shape index (κ2) is 4.99. The molecule has 1 fully saturated rings. The molecule has 1 aliphatic rings. The summed E-state index contributed by atoms with van der Waals surface area (Å²) in [6.45, 7) is 8.07. The van der Waals surface area contributed by atoms with Gasteiger partial charge in [-0.25, -0.2) is 0 Å². The van der Waals surface area contributed by atoms with Gasteiger partial charge >= 0.3 is 0 Å². The van der Waals surface area contributed by atoms with Crippen molar-refractivity contribution >= 4 is 0 Å². The first kappa shape index (κ1) is 11.0. The monoisotopic (exact) mass is 193 g/mol. The van der Waals surface area contributed by atoms with Crippen molar-refractivity contribution < 1.29 is 4.74 Å². The number of aromatic nitrogens is 1. The zero-order valence-corrected chi connectivity index (χ0v) is 9.50. The molecule has 0 unspecified atom stereocenters. The molecule has 0 saturated heterocycles. The zero-order chi connectivity index (χ0) is 10.6. The van der Waals surface area contributed by atoms with E-state index in [0.717, 1.165) is 11.4 Å². The van der Waals surface area contributed by atoms with Gasteiger partial charge in [0.2, 0.25) is 0 Å². The quantitative estimate of drug-likeness (QED) is 0.719. The van der Waals surface area contributed by atoms with Crippen molar-refractivity contribution in [1.29, 1.82) is 0 Å². The van der Waals surface area contributed by atoms with Gasteiger partial charge in [-0.05, 0) is 38.3 Å². The van der Waals surface area contributed by atoms with E-state index in [1.54, 1.807) is 6.20 Å². The summed E-state index contributed by atoms with van der Waals surface area (Å²) in [6.07, 6.45) is 4.68. The SMILES string of the molecule is CC.Cc1cc(OC2CC2)cnc1C. The number of nitrogens with zero attached hydrogens (tertiary/aromatic N) is 1. The van der Waals surface area contributed by atoms with Crippen LogP contribution in [0.1, 0.15) is 37.9 Å². The first-order valence-electron chi connectivity index (χ1n) is 5.35. The molecule has 1 saturated carbocycles. The normalized spacial score (nSPS) is 14.3. The Morgan fingerprint density at radius 2 is 1.93 bits per heavy atom. The molecule has 2 heteroatoms. The molecule has 1 aromatic heterocycles. The molecule has 0 amide bonds. The van der Waals surface area contributed by atoms with Crippen LogP contribution in [0.5, 0.6) is 5.75 Å². The topological polar surface area (TPSA) is 22.1 Å². The van der Waals surface area contributed by atoms with Gasteiger partial charge in [-0.3, -0.25) is 4.98 Å². The van der Waals surface area contributed by atoms with Crippen LogP contribution >= 0.6 is 0 Å². The van der Waals surface area contributed by atoms with Crippen LogP contribution in [0.4, 0.5) is 0 Å². The maximum absolute atomic E-state index is 5.60. The summed E-state index contributed by atoms with van der Waals surface area (Å²) in [6, 6.07) is 2.06. The van der Waals surface area contributed by atoms with Gasteiger partial charge < -0.3 is 4.74 Å². The number of pyridine rings is 1. The van der Waals surface area contributed by atoms with Crippen LogP contribution in [0, 0.1) is 13.8 Å². The lowest BCUT2D eigenvalue weighted by Crippen LogP contribution is -1.97. The molecule has 2 rings (SSSR count). The van der Waals surface area contributed by atoms with Crippen LogP contribution in [0.15, 0.2) is 12.3 Å². The van der Waals surface area contributed by atoms with Crippen LogP contribution in [0.3, 0.4) is 0 Å². The molecule has 0 aromatic carbocycles. The molecule has 0 aliphatic heterocycles. The van der Waals surface area contributed by atoms with Gasteiger partial charge in [0, 0.05) is 5.69 Å². The first-order valence-corrected chi connectivity index (χ1v) is 5.35. The third-order valence-electron chi connectivity index (χ3n) is 2.14. The van der Waals surface area contributed by atoms with Gasteiger partial charge in [-0.15, -0.1) is 0 Å². The Balaban J connectivity index is 0.000000461. The molecule has 0 radical (unpaired) electrons. The highest BCUT2D eigenvalue weighted by atomic mass is 16.5. The molecular formula is C12H19NO. The van der Waals surface area contributed by atoms with Crippen LogP contribution < -0.4 is 4.74 Å². The van der Waals surface area contributed by atoms with Gasteiger partial charge in [0.1, 0.15) is 5.75 Å². The van der Waals surface area contributed by atoms with Gasteiger partial charge in [0.05, 0.1) is 12.3 Å². The van der Waals surface area contributed by atoms with E-state index in [-0.39, 0.29) is 0 Å². The fourth-order valence-electron chi connectivity index (χ4n) is 1.06. The van der Waals surface area contributed by atoms with E-state index in [4.69, 9.17) is 4.74 Å². The lowest BCUT2D eigenvalue weighted by molar-refractivity contribution is 0.301. The highest BCUT2D eigenvalue weighted by Crippen LogP contribution is 2.26. The van der Waals surface area contributed by atoms with Crippen LogP contribution in [-0.4, -0.2) is 11.1 Å². The Morgan fingerprint density at radius 1 is 1.29 bits per heavy atom. The predicted octanol–water partition coefficient (Wildman–Crippen LogP) is 3.27. The van der Waals surface area contributed by atoms with E-state index in [2.05, 4.69) is 18.0 Å². The van der Waals surface area contributed by atoms with Crippen molar-refractivity contribution in [2.75, 3.05) is 0 Å². The van der Waals surface area contributed by atoms with Crippen molar-refractivity contribution in [3.63, 3.8) is 0 Å². The molecule has 1 heterocycles. The number of hydrogen-bond acceptors (Lipinski definition) is 2. The van der Waals surface area contributed by atoms with E-state index in [1.807, 2.05) is 20.8 Å². The zero-order valence-electron chi connectivity index (χ0n) is 9.50. The fourth-order valence-corrected chi connectivity index (χ4v) is 1.06. The van der Waals surface area contributed by atoms with E-state index in [1.165, 1.54) is 18.4 Å². The standard InChI is InChI=1S/C10H13NO.C2H6/c1-7-5-10(6-11-8(7)2)12-9-3-4-9;1-2/h5-6,9H,3-4H2,1-2H3;1-2H3. The van der Waals surface area contributed by atoms with E-state index >= 15 is 0 Å². The van der Waals surface area contributed by atoms with E-state index in [9.17, 15) is 0 Å². The van der Waals surface area contributed by atoms with Gasteiger partial charge in [-0.1, -0.05) is 13.8 Å². The molecular weight excluding hydrogens is 174 g/mol. The molecule has 0 spiro atoms. The van der Waals surface area contributed by atoms with Crippen molar-refractivity contribution in [2.45, 2.75) is 46.6 Å². The Bertz CT molecular complexity index is 292. The van der Waals surface area contributed by atoms with Crippen LogP contribution in [0.25, 0.3) is 0 Å². The molecule has 0 atom stereocenters. The lowest BCUT2D eigenvalue weighted by atomic mass is 10.2. The Labute approximate surface area is 86.3 Å². The molecule has 0 N–H and O–H groups in total. The lowest BCUT2D eigenvalue weighted by Gasteiger charge is -2.05. The molecule has 0 bridgehead atoms. The van der Waals surface area contributed by atoms with Crippen molar-refractivity contribution in [3.05, 3.63) is 23.5 Å². The highest BCUT2D eigenvalue weighted by molar-refractivity contribution is 5.27. The average molecular weight is 193 g/mol. The minimum atomic E-state index is 0.467. The number of hydrogen-bond donors (Lipinski definition) is 0. The van der Waals surface area contributed by atoms with Crippen LogP contribution in [-0.2, 0) is 0 Å². The predicted molar refractivity (Wildman–Crippen MR) is 58.7 cm³/mol. The number of ether oxygens (including phenoxy) is 1. The molecule has 1 aliphatic carbocycles. The summed E-state index contributed by atoms with van der Waals surface area (Å²) < 4.78 is 5.60. The van der Waals surface area contributed by atoms with Gasteiger partial charge in [0.15, 0.2) is 0 Å². The summed E-state index contributed by atoms with van der Waals surface area (Å²) >= 11 is 0. The molecule has 2 nitrogen and oxygen atoms in total. The van der Waals surface area contributed by atoms with E-state index in [0.29, 0.717) is 6.10 Å². The van der Waals surface area contributed by atoms with Gasteiger partial charge in [0.25, 0.3) is 0 Å². The van der Waals surface area contributed by atoms with Crippen molar-refractivity contribution in [2.24, 2.45) is 0 Å². The van der Waals surface area contributed by atoms with Gasteiger partial charge in [-0.2, -0.15) is 0 Å². The smallest absolute Gasteiger partial charge is 0.138 e. The Kier molecular flexibility index (Phi) is 3.93. The van der Waals surface area contributed by atoms with Crippen LogP contribution in [0.2, 0.25) is 0 Å². The van der Waals surface area contributed by atoms with Crippen molar-refractivity contribution in [1.82, 2.24) is 4.98 Å². The second-order valence-corrected chi connectivity index (χ2v) is 3.39. The summed E-state index contributed by atoms with van der Waals surface area (Å²) in [7, 11) is 0. The maximum Gasteiger partial charge on any atom is 0.138 e. The largest absolute Gasteiger partial charge is 0.489 e. The fraction of sp³-hybridized carbons (Fsp3) is 0.583. The summed E-state index contributed by atoms with van der Waals surface area (Å²) in [5.41, 5.74) is 2.28. The Hall–Kier alpha value is -1.05. The Morgan fingerprint density at radius 3 is 2.43 bits per heavy atom. The van der Waals surface area contributed by atoms with Crippen molar-refractivity contribution in [3.8, 4) is 5.75 Å². The highest BCUT2D eigenvalue weighted by Gasteiger charge is 2.23. The number of rotatable bonds is 2.